The minimum atomic E-state index is -0.0815. The highest BCUT2D eigenvalue weighted by Gasteiger charge is 2.31. The van der Waals surface area contributed by atoms with Gasteiger partial charge in [0.15, 0.2) is 0 Å². The number of hydrogen-bond donors (Lipinski definition) is 0. The van der Waals surface area contributed by atoms with E-state index in [0.29, 0.717) is 6.42 Å². The number of ether oxygens (including phenoxy) is 2. The average Bonchev–Trinajstić information content (AvgIpc) is 3.43. The van der Waals surface area contributed by atoms with E-state index in [2.05, 4.69) is 43.4 Å². The summed E-state index contributed by atoms with van der Waals surface area (Å²) in [6.07, 6.45) is 24.1. The summed E-state index contributed by atoms with van der Waals surface area (Å²) in [6.45, 7) is 4.79. The third-order valence-electron chi connectivity index (χ3n) is 4.23. The van der Waals surface area contributed by atoms with E-state index in [1.165, 1.54) is 19.3 Å². The Morgan fingerprint density at radius 1 is 1.00 bits per heavy atom. The lowest BCUT2D eigenvalue weighted by Crippen LogP contribution is -2.19. The second-order valence-electron chi connectivity index (χ2n) is 6.67. The van der Waals surface area contributed by atoms with Crippen LogP contribution in [0.4, 0.5) is 0 Å². The van der Waals surface area contributed by atoms with E-state index in [-0.39, 0.29) is 18.2 Å². The third-order valence-corrected chi connectivity index (χ3v) is 4.23. The zero-order valence-corrected chi connectivity index (χ0v) is 16.1. The van der Waals surface area contributed by atoms with Gasteiger partial charge in [0.25, 0.3) is 0 Å². The highest BCUT2D eigenvalue weighted by Crippen LogP contribution is 2.17. The summed E-state index contributed by atoms with van der Waals surface area (Å²) in [4.78, 5) is 11.6. The van der Waals surface area contributed by atoms with Crippen molar-refractivity contribution in [1.82, 2.24) is 0 Å². The van der Waals surface area contributed by atoms with Gasteiger partial charge >= 0.3 is 5.97 Å². The van der Waals surface area contributed by atoms with Gasteiger partial charge in [0, 0.05) is 6.42 Å². The number of carbonyl (C=O) groups excluding carboxylic acids is 1. The minimum absolute atomic E-state index is 0.0795. The van der Waals surface area contributed by atoms with Gasteiger partial charge in [-0.15, -0.1) is 0 Å². The first-order valence-electron chi connectivity index (χ1n) is 10.00. The largest absolute Gasteiger partial charge is 0.460 e. The SMILES string of the molecule is CC/C=C\C/C=C\C/C=C\CCCCCCCC(=O)OC(C)C1CO1. The topological polar surface area (TPSA) is 38.8 Å². The maximum Gasteiger partial charge on any atom is 0.306 e. The van der Waals surface area contributed by atoms with Crippen LogP contribution < -0.4 is 0 Å². The lowest BCUT2D eigenvalue weighted by molar-refractivity contribution is -0.149. The molecular weight excluding hydrogens is 312 g/mol. The lowest BCUT2D eigenvalue weighted by Gasteiger charge is -2.10. The van der Waals surface area contributed by atoms with Crippen molar-refractivity contribution >= 4 is 5.97 Å². The fourth-order valence-electron chi connectivity index (χ4n) is 2.56. The van der Waals surface area contributed by atoms with Gasteiger partial charge < -0.3 is 9.47 Å². The zero-order valence-electron chi connectivity index (χ0n) is 16.1. The molecule has 0 spiro atoms. The molecule has 2 atom stereocenters. The summed E-state index contributed by atoms with van der Waals surface area (Å²) < 4.78 is 10.4. The predicted molar refractivity (Wildman–Crippen MR) is 105 cm³/mol. The molecule has 0 aliphatic carbocycles. The first-order chi connectivity index (χ1) is 12.2. The van der Waals surface area contributed by atoms with Crippen molar-refractivity contribution < 1.29 is 14.3 Å². The molecule has 0 radical (unpaired) electrons. The van der Waals surface area contributed by atoms with E-state index in [9.17, 15) is 4.79 Å². The van der Waals surface area contributed by atoms with Gasteiger partial charge in [-0.05, 0) is 45.4 Å². The highest BCUT2D eigenvalue weighted by atomic mass is 16.6. The van der Waals surface area contributed by atoms with E-state index < -0.39 is 0 Å². The number of rotatable bonds is 15. The van der Waals surface area contributed by atoms with E-state index >= 15 is 0 Å². The predicted octanol–water partition coefficient (Wildman–Crippen LogP) is 5.91. The van der Waals surface area contributed by atoms with Gasteiger partial charge in [-0.2, -0.15) is 0 Å². The number of unbranched alkanes of at least 4 members (excludes halogenated alkanes) is 5. The fourth-order valence-corrected chi connectivity index (χ4v) is 2.56. The van der Waals surface area contributed by atoms with Gasteiger partial charge in [-0.1, -0.05) is 62.6 Å². The quantitative estimate of drug-likeness (QED) is 0.160. The van der Waals surface area contributed by atoms with Crippen LogP contribution in [-0.2, 0) is 14.3 Å². The minimum Gasteiger partial charge on any atom is -0.460 e. The van der Waals surface area contributed by atoms with Crippen molar-refractivity contribution in [1.29, 1.82) is 0 Å². The van der Waals surface area contributed by atoms with Crippen molar-refractivity contribution in [3.05, 3.63) is 36.5 Å². The second-order valence-corrected chi connectivity index (χ2v) is 6.67. The smallest absolute Gasteiger partial charge is 0.306 e. The molecule has 1 saturated heterocycles. The molecule has 3 heteroatoms. The normalized spacial score (nSPS) is 18.4. The standard InChI is InChI=1S/C22H36O3/c1-3-4-5-6-7-8-9-10-11-12-13-14-15-16-17-18-22(23)25-20(2)21-19-24-21/h4-5,7-8,10-11,20-21H,3,6,9,12-19H2,1-2H3/b5-4-,8-7-,11-10-. The van der Waals surface area contributed by atoms with E-state index in [0.717, 1.165) is 45.1 Å². The molecule has 1 heterocycles. The van der Waals surface area contributed by atoms with E-state index in [4.69, 9.17) is 9.47 Å². The maximum absolute atomic E-state index is 11.6. The molecule has 0 saturated carbocycles. The van der Waals surface area contributed by atoms with Crippen molar-refractivity contribution in [2.75, 3.05) is 6.61 Å². The second kappa shape index (κ2) is 14.9. The summed E-state index contributed by atoms with van der Waals surface area (Å²) in [6, 6.07) is 0. The van der Waals surface area contributed by atoms with Crippen LogP contribution in [0, 0.1) is 0 Å². The van der Waals surface area contributed by atoms with Crippen molar-refractivity contribution in [3.63, 3.8) is 0 Å². The van der Waals surface area contributed by atoms with Crippen LogP contribution in [0.15, 0.2) is 36.5 Å². The molecule has 1 aliphatic heterocycles. The Hall–Kier alpha value is -1.35. The molecule has 1 rings (SSSR count). The third kappa shape index (κ3) is 13.6. The molecule has 0 aromatic carbocycles. The van der Waals surface area contributed by atoms with Crippen LogP contribution in [0.3, 0.4) is 0 Å². The van der Waals surface area contributed by atoms with Crippen LogP contribution in [-0.4, -0.2) is 24.8 Å². The summed E-state index contributed by atoms with van der Waals surface area (Å²) in [5.74, 6) is -0.0795. The Morgan fingerprint density at radius 2 is 1.60 bits per heavy atom. The molecule has 0 aromatic rings. The van der Waals surface area contributed by atoms with Crippen LogP contribution in [0.25, 0.3) is 0 Å². The first-order valence-corrected chi connectivity index (χ1v) is 10.00. The van der Waals surface area contributed by atoms with Gasteiger partial charge in [-0.25, -0.2) is 0 Å². The molecule has 0 amide bonds. The summed E-state index contributed by atoms with van der Waals surface area (Å²) >= 11 is 0. The van der Waals surface area contributed by atoms with Crippen LogP contribution in [0.2, 0.25) is 0 Å². The summed E-state index contributed by atoms with van der Waals surface area (Å²) in [7, 11) is 0. The molecule has 0 bridgehead atoms. The van der Waals surface area contributed by atoms with Crippen molar-refractivity contribution in [2.24, 2.45) is 0 Å². The molecule has 1 fully saturated rings. The fraction of sp³-hybridized carbons (Fsp3) is 0.682. The van der Waals surface area contributed by atoms with Gasteiger partial charge in [0.1, 0.15) is 12.2 Å². The molecule has 3 nitrogen and oxygen atoms in total. The van der Waals surface area contributed by atoms with E-state index in [1.807, 2.05) is 6.92 Å². The van der Waals surface area contributed by atoms with E-state index in [1.54, 1.807) is 0 Å². The van der Waals surface area contributed by atoms with Gasteiger partial charge in [0.05, 0.1) is 6.61 Å². The monoisotopic (exact) mass is 348 g/mol. The van der Waals surface area contributed by atoms with Crippen LogP contribution >= 0.6 is 0 Å². The Labute approximate surface area is 154 Å². The van der Waals surface area contributed by atoms with Crippen molar-refractivity contribution in [3.8, 4) is 0 Å². The van der Waals surface area contributed by atoms with Gasteiger partial charge in [-0.3, -0.25) is 4.79 Å². The Kier molecular flexibility index (Phi) is 13.0. The number of hydrogen-bond acceptors (Lipinski definition) is 3. The number of epoxide rings is 1. The zero-order chi connectivity index (χ0) is 18.2. The lowest BCUT2D eigenvalue weighted by atomic mass is 10.1. The Bertz CT molecular complexity index is 419. The molecule has 1 aliphatic rings. The summed E-state index contributed by atoms with van der Waals surface area (Å²) in [5.41, 5.74) is 0. The molecule has 25 heavy (non-hydrogen) atoms. The highest BCUT2D eigenvalue weighted by molar-refractivity contribution is 5.69. The Morgan fingerprint density at radius 3 is 2.28 bits per heavy atom. The van der Waals surface area contributed by atoms with Crippen molar-refractivity contribution in [2.45, 2.75) is 90.3 Å². The molecular formula is C22H36O3. The molecule has 2 unspecified atom stereocenters. The molecule has 142 valence electrons. The Balaban J connectivity index is 1.82. The van der Waals surface area contributed by atoms with Crippen LogP contribution in [0.5, 0.6) is 0 Å². The van der Waals surface area contributed by atoms with Gasteiger partial charge in [0.2, 0.25) is 0 Å². The average molecular weight is 349 g/mol. The molecule has 0 N–H and O–H groups in total. The number of carbonyl (C=O) groups is 1. The maximum atomic E-state index is 11.6. The molecule has 0 aromatic heterocycles. The summed E-state index contributed by atoms with van der Waals surface area (Å²) in [5, 5.41) is 0. The first kappa shape index (κ1) is 21.7. The number of esters is 1. The van der Waals surface area contributed by atoms with Crippen LogP contribution in [0.1, 0.15) is 78.1 Å². The number of allylic oxidation sites excluding steroid dienone is 6.